The zero-order chi connectivity index (χ0) is 14.5. The van der Waals surface area contributed by atoms with Gasteiger partial charge in [-0.3, -0.25) is 4.79 Å². The van der Waals surface area contributed by atoms with Crippen LogP contribution < -0.4 is 10.2 Å². The second kappa shape index (κ2) is 7.23. The number of carbonyl (C=O) groups is 1. The SMILES string of the molecule is CCCNC1CCCN(c2ccc(Br)cc2CC)C1=O. The van der Waals surface area contributed by atoms with Gasteiger partial charge in [0.05, 0.1) is 6.04 Å². The molecule has 1 unspecified atom stereocenters. The van der Waals surface area contributed by atoms with Crippen LogP contribution in [-0.2, 0) is 11.2 Å². The van der Waals surface area contributed by atoms with E-state index in [0.29, 0.717) is 0 Å². The highest BCUT2D eigenvalue weighted by molar-refractivity contribution is 9.10. The van der Waals surface area contributed by atoms with E-state index in [4.69, 9.17) is 0 Å². The lowest BCUT2D eigenvalue weighted by molar-refractivity contribution is -0.121. The van der Waals surface area contributed by atoms with Gasteiger partial charge in [0.15, 0.2) is 0 Å². The summed E-state index contributed by atoms with van der Waals surface area (Å²) in [5.74, 6) is 0.224. The third-order valence-electron chi connectivity index (χ3n) is 3.79. The van der Waals surface area contributed by atoms with Gasteiger partial charge >= 0.3 is 0 Å². The van der Waals surface area contributed by atoms with Crippen LogP contribution in [0.2, 0.25) is 0 Å². The molecule has 1 fully saturated rings. The number of piperidine rings is 1. The minimum Gasteiger partial charge on any atom is -0.311 e. The molecular formula is C16H23BrN2O. The van der Waals surface area contributed by atoms with E-state index >= 15 is 0 Å². The van der Waals surface area contributed by atoms with Gasteiger partial charge in [0, 0.05) is 16.7 Å². The molecular weight excluding hydrogens is 316 g/mol. The lowest BCUT2D eigenvalue weighted by Crippen LogP contribution is -2.51. The first-order chi connectivity index (χ1) is 9.67. The molecule has 1 atom stereocenters. The molecule has 0 saturated carbocycles. The third kappa shape index (κ3) is 3.41. The van der Waals surface area contributed by atoms with Crippen molar-refractivity contribution in [1.29, 1.82) is 0 Å². The molecule has 3 nitrogen and oxygen atoms in total. The number of benzene rings is 1. The maximum absolute atomic E-state index is 12.6. The number of amides is 1. The summed E-state index contributed by atoms with van der Waals surface area (Å²) in [5, 5.41) is 3.37. The first kappa shape index (κ1) is 15.5. The molecule has 0 aromatic heterocycles. The molecule has 0 bridgehead atoms. The Balaban J connectivity index is 2.21. The van der Waals surface area contributed by atoms with Gasteiger partial charge in [-0.05, 0) is 56.0 Å². The molecule has 1 saturated heterocycles. The van der Waals surface area contributed by atoms with Crippen molar-refractivity contribution in [3.05, 3.63) is 28.2 Å². The minimum atomic E-state index is -0.0166. The first-order valence-electron chi connectivity index (χ1n) is 7.50. The topological polar surface area (TPSA) is 32.3 Å². The van der Waals surface area contributed by atoms with Crippen LogP contribution in [0.15, 0.2) is 22.7 Å². The number of anilines is 1. The molecule has 4 heteroatoms. The fourth-order valence-corrected chi connectivity index (χ4v) is 3.13. The van der Waals surface area contributed by atoms with E-state index in [2.05, 4.69) is 47.2 Å². The van der Waals surface area contributed by atoms with Crippen LogP contribution in [0.5, 0.6) is 0 Å². The molecule has 0 radical (unpaired) electrons. The predicted molar refractivity (Wildman–Crippen MR) is 87.2 cm³/mol. The monoisotopic (exact) mass is 338 g/mol. The average molecular weight is 339 g/mol. The molecule has 20 heavy (non-hydrogen) atoms. The van der Waals surface area contributed by atoms with Crippen LogP contribution in [0.25, 0.3) is 0 Å². The second-order valence-corrected chi connectivity index (χ2v) is 6.18. The standard InChI is InChI=1S/C16H23BrN2O/c1-3-9-18-14-6-5-10-19(16(14)20)15-8-7-13(17)11-12(15)4-2/h7-8,11,14,18H,3-6,9-10H2,1-2H3. The number of aryl methyl sites for hydroxylation is 1. The lowest BCUT2D eigenvalue weighted by atomic mass is 10.0. The largest absolute Gasteiger partial charge is 0.311 e. The Bertz CT molecular complexity index is 476. The van der Waals surface area contributed by atoms with Crippen LogP contribution in [-0.4, -0.2) is 25.0 Å². The smallest absolute Gasteiger partial charge is 0.244 e. The van der Waals surface area contributed by atoms with Gasteiger partial charge in [-0.25, -0.2) is 0 Å². The van der Waals surface area contributed by atoms with Gasteiger partial charge in [0.2, 0.25) is 5.91 Å². The van der Waals surface area contributed by atoms with Crippen LogP contribution in [0.1, 0.15) is 38.7 Å². The van der Waals surface area contributed by atoms with E-state index < -0.39 is 0 Å². The zero-order valence-electron chi connectivity index (χ0n) is 12.3. The summed E-state index contributed by atoms with van der Waals surface area (Å²) < 4.78 is 1.07. The van der Waals surface area contributed by atoms with E-state index in [-0.39, 0.29) is 11.9 Å². The quantitative estimate of drug-likeness (QED) is 0.890. The first-order valence-corrected chi connectivity index (χ1v) is 8.29. The normalized spacial score (nSPS) is 19.4. The molecule has 1 amide bonds. The van der Waals surface area contributed by atoms with Gasteiger partial charge in [-0.15, -0.1) is 0 Å². The molecule has 1 N–H and O–H groups in total. The number of nitrogens with zero attached hydrogens (tertiary/aromatic N) is 1. The summed E-state index contributed by atoms with van der Waals surface area (Å²) >= 11 is 3.51. The number of nitrogens with one attached hydrogen (secondary N) is 1. The summed E-state index contributed by atoms with van der Waals surface area (Å²) in [6, 6.07) is 6.18. The van der Waals surface area contributed by atoms with Gasteiger partial charge in [0.25, 0.3) is 0 Å². The van der Waals surface area contributed by atoms with Gasteiger partial charge in [-0.2, -0.15) is 0 Å². The van der Waals surface area contributed by atoms with E-state index in [9.17, 15) is 4.79 Å². The predicted octanol–water partition coefficient (Wildman–Crippen LogP) is 3.51. The summed E-state index contributed by atoms with van der Waals surface area (Å²) in [4.78, 5) is 14.6. The van der Waals surface area contributed by atoms with Crippen molar-refractivity contribution >= 4 is 27.5 Å². The van der Waals surface area contributed by atoms with E-state index in [1.807, 2.05) is 11.0 Å². The lowest BCUT2D eigenvalue weighted by Gasteiger charge is -2.34. The van der Waals surface area contributed by atoms with Crippen LogP contribution in [0.3, 0.4) is 0 Å². The van der Waals surface area contributed by atoms with Gasteiger partial charge < -0.3 is 10.2 Å². The fraction of sp³-hybridized carbons (Fsp3) is 0.562. The number of halogens is 1. The molecule has 1 aromatic carbocycles. The van der Waals surface area contributed by atoms with E-state index in [1.165, 1.54) is 5.56 Å². The Morgan fingerprint density at radius 2 is 2.20 bits per heavy atom. The average Bonchev–Trinajstić information content (AvgIpc) is 2.46. The summed E-state index contributed by atoms with van der Waals surface area (Å²) in [5.41, 5.74) is 2.30. The fourth-order valence-electron chi connectivity index (χ4n) is 2.72. The summed E-state index contributed by atoms with van der Waals surface area (Å²) in [7, 11) is 0. The van der Waals surface area contributed by atoms with Crippen LogP contribution >= 0.6 is 15.9 Å². The molecule has 1 aromatic rings. The Hall–Kier alpha value is -0.870. The molecule has 0 aliphatic carbocycles. The number of hydrogen-bond acceptors (Lipinski definition) is 2. The Kier molecular flexibility index (Phi) is 5.61. The van der Waals surface area contributed by atoms with Gasteiger partial charge in [0.1, 0.15) is 0 Å². The van der Waals surface area contributed by atoms with Crippen LogP contribution in [0, 0.1) is 0 Å². The summed E-state index contributed by atoms with van der Waals surface area (Å²) in [6.07, 6.45) is 4.01. The van der Waals surface area contributed by atoms with Crippen molar-refractivity contribution < 1.29 is 4.79 Å². The molecule has 1 aliphatic rings. The number of carbonyl (C=O) groups excluding carboxylic acids is 1. The van der Waals surface area contributed by atoms with Crippen molar-refractivity contribution in [2.75, 3.05) is 18.0 Å². The van der Waals surface area contributed by atoms with Crippen LogP contribution in [0.4, 0.5) is 5.69 Å². The maximum Gasteiger partial charge on any atom is 0.244 e. The molecule has 1 aliphatic heterocycles. The van der Waals surface area contributed by atoms with Crippen molar-refractivity contribution in [3.8, 4) is 0 Å². The molecule has 110 valence electrons. The number of hydrogen-bond donors (Lipinski definition) is 1. The molecule has 1 heterocycles. The minimum absolute atomic E-state index is 0.0166. The van der Waals surface area contributed by atoms with E-state index in [1.54, 1.807) is 0 Å². The second-order valence-electron chi connectivity index (χ2n) is 5.27. The Labute approximate surface area is 129 Å². The highest BCUT2D eigenvalue weighted by Gasteiger charge is 2.29. The van der Waals surface area contributed by atoms with Crippen molar-refractivity contribution in [2.24, 2.45) is 0 Å². The highest BCUT2D eigenvalue weighted by Crippen LogP contribution is 2.28. The Morgan fingerprint density at radius 1 is 1.40 bits per heavy atom. The Morgan fingerprint density at radius 3 is 2.90 bits per heavy atom. The third-order valence-corrected chi connectivity index (χ3v) is 4.29. The van der Waals surface area contributed by atoms with Crippen molar-refractivity contribution in [1.82, 2.24) is 5.32 Å². The maximum atomic E-state index is 12.6. The van der Waals surface area contributed by atoms with E-state index in [0.717, 1.165) is 48.9 Å². The molecule has 2 rings (SSSR count). The zero-order valence-corrected chi connectivity index (χ0v) is 13.9. The molecule has 0 spiro atoms. The number of rotatable bonds is 5. The van der Waals surface area contributed by atoms with Crippen molar-refractivity contribution in [2.45, 2.75) is 45.6 Å². The highest BCUT2D eigenvalue weighted by atomic mass is 79.9. The van der Waals surface area contributed by atoms with Gasteiger partial charge in [-0.1, -0.05) is 29.8 Å². The van der Waals surface area contributed by atoms with Crippen molar-refractivity contribution in [3.63, 3.8) is 0 Å². The summed E-state index contributed by atoms with van der Waals surface area (Å²) in [6.45, 7) is 6.00.